The van der Waals surface area contributed by atoms with E-state index in [0.29, 0.717) is 6.42 Å². The number of carboxylic acids is 1. The van der Waals surface area contributed by atoms with Gasteiger partial charge in [0.1, 0.15) is 0 Å². The van der Waals surface area contributed by atoms with Crippen LogP contribution in [0, 0.1) is 0 Å². The molecule has 0 heterocycles. The molecule has 0 aliphatic carbocycles. The normalized spacial score (nSPS) is 12.1. The van der Waals surface area contributed by atoms with Crippen LogP contribution in [0.4, 0.5) is 0 Å². The number of carboxylic acid groups (broad SMARTS) is 1. The van der Waals surface area contributed by atoms with Gasteiger partial charge in [0.15, 0.2) is 0 Å². The molecule has 0 rings (SSSR count). The van der Waals surface area contributed by atoms with Crippen molar-refractivity contribution in [2.75, 3.05) is 13.1 Å². The summed E-state index contributed by atoms with van der Waals surface area (Å²) in [5.74, 6) is -0.883. The molecule has 1 atom stereocenters. The zero-order valence-corrected chi connectivity index (χ0v) is 26.8. The Hall–Kier alpha value is 0.0274. The molecule has 0 radical (unpaired) electrons. The fraction of sp³-hybridized carbons (Fsp3) is 0.971. The van der Waals surface area contributed by atoms with Gasteiger partial charge in [0.25, 0.3) is 0 Å². The molecule has 0 aliphatic rings. The first-order valence-electron chi connectivity index (χ1n) is 17.1. The van der Waals surface area contributed by atoms with Crippen molar-refractivity contribution in [1.29, 1.82) is 0 Å². The van der Waals surface area contributed by atoms with Crippen LogP contribution in [0.3, 0.4) is 0 Å². The van der Waals surface area contributed by atoms with Gasteiger partial charge in [0.05, 0.1) is 5.97 Å². The van der Waals surface area contributed by atoms with Crippen molar-refractivity contribution in [3.8, 4) is 0 Å². The molecule has 0 fully saturated rings. The standard InChI is InChI=1S/C34H69NO2.Li/c1-4-7-9-11-13-15-17-19-21-23-25-27-29-31-35(33(6-3)34(36)37)32-30-28-26-24-22-20-18-16-14-12-10-8-5-2;/h33H,4-32H2,1-3H3,(H,36,37);/q;+1/p-1. The number of nitrogens with zero attached hydrogens (tertiary/aromatic N) is 1. The molecular weight excluding hydrogens is 461 g/mol. The van der Waals surface area contributed by atoms with Gasteiger partial charge in [-0.1, -0.05) is 175 Å². The molecule has 222 valence electrons. The summed E-state index contributed by atoms with van der Waals surface area (Å²) in [4.78, 5) is 13.9. The summed E-state index contributed by atoms with van der Waals surface area (Å²) in [7, 11) is 0. The van der Waals surface area contributed by atoms with Crippen LogP contribution in [-0.4, -0.2) is 30.0 Å². The number of aliphatic carboxylic acids is 1. The van der Waals surface area contributed by atoms with Gasteiger partial charge >= 0.3 is 18.9 Å². The van der Waals surface area contributed by atoms with Crippen molar-refractivity contribution < 1.29 is 28.8 Å². The maximum atomic E-state index is 11.7. The molecule has 0 N–H and O–H groups in total. The molecule has 0 saturated carbocycles. The first-order valence-corrected chi connectivity index (χ1v) is 17.1. The average molecular weight is 530 g/mol. The fourth-order valence-corrected chi connectivity index (χ4v) is 5.66. The predicted octanol–water partition coefficient (Wildman–Crippen LogP) is 7.00. The van der Waals surface area contributed by atoms with E-state index in [0.717, 1.165) is 25.9 Å². The summed E-state index contributed by atoms with van der Waals surface area (Å²) in [5, 5.41) is 11.7. The molecule has 0 spiro atoms. The fourth-order valence-electron chi connectivity index (χ4n) is 5.66. The van der Waals surface area contributed by atoms with Gasteiger partial charge in [-0.2, -0.15) is 0 Å². The summed E-state index contributed by atoms with van der Waals surface area (Å²) in [6, 6.07) is -0.408. The van der Waals surface area contributed by atoms with Crippen LogP contribution < -0.4 is 24.0 Å². The van der Waals surface area contributed by atoms with E-state index in [1.165, 1.54) is 154 Å². The Morgan fingerprint density at radius 1 is 0.474 bits per heavy atom. The minimum absolute atomic E-state index is 0. The van der Waals surface area contributed by atoms with Crippen LogP contribution in [0.2, 0.25) is 0 Å². The Morgan fingerprint density at radius 3 is 0.921 bits per heavy atom. The van der Waals surface area contributed by atoms with Gasteiger partial charge in [-0.05, 0) is 32.4 Å². The van der Waals surface area contributed by atoms with E-state index >= 15 is 0 Å². The predicted molar refractivity (Wildman–Crippen MR) is 162 cm³/mol. The van der Waals surface area contributed by atoms with Crippen molar-refractivity contribution in [2.24, 2.45) is 0 Å². The van der Waals surface area contributed by atoms with Crippen molar-refractivity contribution >= 4 is 5.97 Å². The number of carbonyl (C=O) groups excluding carboxylic acids is 1. The second-order valence-electron chi connectivity index (χ2n) is 11.8. The molecule has 0 saturated heterocycles. The molecule has 0 bridgehead atoms. The Labute approximate surface area is 252 Å². The Kier molecular flexibility index (Phi) is 35.1. The Balaban J connectivity index is 0. The van der Waals surface area contributed by atoms with Crippen molar-refractivity contribution in [3.63, 3.8) is 0 Å². The van der Waals surface area contributed by atoms with Gasteiger partial charge in [0, 0.05) is 6.04 Å². The van der Waals surface area contributed by atoms with Gasteiger partial charge < -0.3 is 9.90 Å². The molecule has 0 aromatic heterocycles. The van der Waals surface area contributed by atoms with Crippen LogP contribution in [0.15, 0.2) is 0 Å². The average Bonchev–Trinajstić information content (AvgIpc) is 2.89. The summed E-state index contributed by atoms with van der Waals surface area (Å²) in [5.41, 5.74) is 0. The maximum absolute atomic E-state index is 11.7. The Morgan fingerprint density at radius 2 is 0.711 bits per heavy atom. The number of carbonyl (C=O) groups is 1. The van der Waals surface area contributed by atoms with Gasteiger partial charge in [-0.3, -0.25) is 4.90 Å². The zero-order valence-electron chi connectivity index (χ0n) is 26.8. The molecule has 0 aliphatic heterocycles. The SMILES string of the molecule is CCCCCCCCCCCCCCCN(CCCCCCCCCCCCCCC)C(CC)C(=O)[O-].[Li+]. The van der Waals surface area contributed by atoms with Crippen molar-refractivity contribution in [3.05, 3.63) is 0 Å². The van der Waals surface area contributed by atoms with E-state index in [1.54, 1.807) is 0 Å². The van der Waals surface area contributed by atoms with E-state index < -0.39 is 12.0 Å². The molecular formula is C34H68LiNO2. The minimum Gasteiger partial charge on any atom is -0.548 e. The van der Waals surface area contributed by atoms with E-state index in [2.05, 4.69) is 18.7 Å². The topological polar surface area (TPSA) is 43.4 Å². The van der Waals surface area contributed by atoms with Gasteiger partial charge in [-0.25, -0.2) is 0 Å². The monoisotopic (exact) mass is 530 g/mol. The maximum Gasteiger partial charge on any atom is 1.00 e. The summed E-state index contributed by atoms with van der Waals surface area (Å²) in [6.07, 6.45) is 35.8. The molecule has 38 heavy (non-hydrogen) atoms. The van der Waals surface area contributed by atoms with Crippen LogP contribution in [-0.2, 0) is 4.79 Å². The second-order valence-corrected chi connectivity index (χ2v) is 11.8. The van der Waals surface area contributed by atoms with Crippen LogP contribution in [0.25, 0.3) is 0 Å². The third-order valence-corrected chi connectivity index (χ3v) is 8.20. The van der Waals surface area contributed by atoms with Crippen LogP contribution in [0.5, 0.6) is 0 Å². The van der Waals surface area contributed by atoms with E-state index in [-0.39, 0.29) is 18.9 Å². The Bertz CT molecular complexity index is 430. The molecule has 3 nitrogen and oxygen atoms in total. The first-order chi connectivity index (χ1) is 18.2. The van der Waals surface area contributed by atoms with Crippen LogP contribution in [0.1, 0.15) is 194 Å². The molecule has 0 aromatic carbocycles. The quantitative estimate of drug-likeness (QED) is 0.0717. The van der Waals surface area contributed by atoms with Crippen molar-refractivity contribution in [2.45, 2.75) is 200 Å². The summed E-state index contributed by atoms with van der Waals surface area (Å²) >= 11 is 0. The minimum atomic E-state index is -0.883. The van der Waals surface area contributed by atoms with Crippen molar-refractivity contribution in [1.82, 2.24) is 4.90 Å². The molecule has 0 amide bonds. The second kappa shape index (κ2) is 33.2. The number of rotatable bonds is 31. The molecule has 1 unspecified atom stereocenters. The summed E-state index contributed by atoms with van der Waals surface area (Å²) < 4.78 is 0. The number of hydrogen-bond donors (Lipinski definition) is 0. The zero-order chi connectivity index (χ0) is 27.2. The molecule has 4 heteroatoms. The van der Waals surface area contributed by atoms with Crippen LogP contribution >= 0.6 is 0 Å². The number of hydrogen-bond acceptors (Lipinski definition) is 3. The molecule has 0 aromatic rings. The smallest absolute Gasteiger partial charge is 0.548 e. The van der Waals surface area contributed by atoms with Gasteiger partial charge in [0.2, 0.25) is 0 Å². The largest absolute Gasteiger partial charge is 1.00 e. The summed E-state index contributed by atoms with van der Waals surface area (Å²) in [6.45, 7) is 8.39. The van der Waals surface area contributed by atoms with E-state index in [9.17, 15) is 9.90 Å². The third kappa shape index (κ3) is 27.6. The van der Waals surface area contributed by atoms with Gasteiger partial charge in [-0.15, -0.1) is 0 Å². The van der Waals surface area contributed by atoms with E-state index in [1.807, 2.05) is 6.92 Å². The van der Waals surface area contributed by atoms with E-state index in [4.69, 9.17) is 0 Å². The first kappa shape index (κ1) is 40.2. The third-order valence-electron chi connectivity index (χ3n) is 8.20. The number of unbranched alkanes of at least 4 members (excludes halogenated alkanes) is 24.